The first-order valence-electron chi connectivity index (χ1n) is 4.27. The zero-order valence-corrected chi connectivity index (χ0v) is 8.81. The van der Waals surface area contributed by atoms with Crippen LogP contribution in [0.3, 0.4) is 0 Å². The number of hydrogen-bond donors (Lipinski definition) is 1. The molecule has 1 aromatic carbocycles. The van der Waals surface area contributed by atoms with Crippen molar-refractivity contribution >= 4 is 17.3 Å². The summed E-state index contributed by atoms with van der Waals surface area (Å²) < 4.78 is 43.3. The van der Waals surface area contributed by atoms with Gasteiger partial charge in [0.2, 0.25) is 0 Å². The van der Waals surface area contributed by atoms with Gasteiger partial charge in [-0.25, -0.2) is 0 Å². The van der Waals surface area contributed by atoms with Crippen LogP contribution in [0.1, 0.15) is 0 Å². The van der Waals surface area contributed by atoms with Crippen molar-refractivity contribution in [3.8, 4) is 5.75 Å². The Labute approximate surface area is 94.9 Å². The van der Waals surface area contributed by atoms with Crippen molar-refractivity contribution in [3.63, 3.8) is 0 Å². The molecule has 0 aliphatic carbocycles. The summed E-state index contributed by atoms with van der Waals surface area (Å²) in [5.41, 5.74) is 5.78. The molecule has 3 nitrogen and oxygen atoms in total. The molecule has 0 saturated heterocycles. The van der Waals surface area contributed by atoms with Crippen LogP contribution in [0.15, 0.2) is 18.2 Å². The topological polar surface area (TPSA) is 44.5 Å². The summed E-state index contributed by atoms with van der Waals surface area (Å²) in [6, 6.07) is 4.67. The number of hydrogen-bond acceptors (Lipinski definition) is 3. The van der Waals surface area contributed by atoms with Crippen LogP contribution in [0.25, 0.3) is 0 Å². The molecule has 0 aromatic heterocycles. The lowest BCUT2D eigenvalue weighted by Gasteiger charge is -2.11. The van der Waals surface area contributed by atoms with E-state index in [0.29, 0.717) is 0 Å². The monoisotopic (exact) mass is 255 g/mol. The number of rotatable bonds is 4. The summed E-state index contributed by atoms with van der Waals surface area (Å²) in [6.07, 6.45) is -4.66. The molecule has 0 heterocycles. The molecular formula is C9H9ClF3NO2. The third-order valence-electron chi connectivity index (χ3n) is 1.59. The summed E-state index contributed by atoms with van der Waals surface area (Å²) in [6.45, 7) is -0.901. The Morgan fingerprint density at radius 2 is 1.94 bits per heavy atom. The van der Waals surface area contributed by atoms with Gasteiger partial charge in [-0.3, -0.25) is 4.74 Å². The van der Waals surface area contributed by atoms with Gasteiger partial charge in [0.1, 0.15) is 6.61 Å². The first kappa shape index (κ1) is 12.9. The second kappa shape index (κ2) is 5.27. The third-order valence-corrected chi connectivity index (χ3v) is 1.89. The zero-order valence-electron chi connectivity index (χ0n) is 8.05. The van der Waals surface area contributed by atoms with Crippen LogP contribution < -0.4 is 10.5 Å². The molecule has 0 bridgehead atoms. The van der Waals surface area contributed by atoms with E-state index in [-0.39, 0.29) is 23.1 Å². The van der Waals surface area contributed by atoms with Crippen molar-refractivity contribution in [1.29, 1.82) is 0 Å². The van der Waals surface area contributed by atoms with Gasteiger partial charge in [-0.1, -0.05) is 17.7 Å². The molecule has 1 aromatic rings. The first-order valence-corrected chi connectivity index (χ1v) is 4.65. The molecule has 1 rings (SSSR count). The van der Waals surface area contributed by atoms with Gasteiger partial charge in [-0.2, -0.15) is 0 Å². The van der Waals surface area contributed by atoms with Crippen molar-refractivity contribution in [2.24, 2.45) is 0 Å². The lowest BCUT2D eigenvalue weighted by atomic mass is 10.3. The van der Waals surface area contributed by atoms with Crippen molar-refractivity contribution in [1.82, 2.24) is 0 Å². The van der Waals surface area contributed by atoms with E-state index < -0.39 is 13.0 Å². The number of benzene rings is 1. The van der Waals surface area contributed by atoms with Crippen molar-refractivity contribution < 1.29 is 22.6 Å². The minimum absolute atomic E-state index is 0.162. The molecule has 0 aliphatic heterocycles. The maximum Gasteiger partial charge on any atom is 0.522 e. The predicted octanol–water partition coefficient (Wildman–Crippen LogP) is 2.84. The fourth-order valence-corrected chi connectivity index (χ4v) is 1.22. The first-order chi connectivity index (χ1) is 7.40. The quantitative estimate of drug-likeness (QED) is 0.665. The van der Waals surface area contributed by atoms with E-state index in [9.17, 15) is 13.2 Å². The molecular weight excluding hydrogens is 247 g/mol. The SMILES string of the molecule is Nc1cccc(Cl)c1OCCOC(F)(F)F. The van der Waals surface area contributed by atoms with Crippen LogP contribution in [0, 0.1) is 0 Å². The molecule has 2 N–H and O–H groups in total. The van der Waals surface area contributed by atoms with Gasteiger partial charge in [-0.05, 0) is 12.1 Å². The van der Waals surface area contributed by atoms with E-state index >= 15 is 0 Å². The van der Waals surface area contributed by atoms with Gasteiger partial charge in [0, 0.05) is 0 Å². The third kappa shape index (κ3) is 4.16. The van der Waals surface area contributed by atoms with Gasteiger partial charge in [0.15, 0.2) is 5.75 Å². The summed E-state index contributed by atoms with van der Waals surface area (Å²) in [5, 5.41) is 0.243. The molecule has 0 saturated carbocycles. The summed E-state index contributed by atoms with van der Waals surface area (Å²) in [4.78, 5) is 0. The van der Waals surface area contributed by atoms with Gasteiger partial charge < -0.3 is 10.5 Å². The largest absolute Gasteiger partial charge is 0.522 e. The Hall–Kier alpha value is -1.14. The summed E-state index contributed by atoms with van der Waals surface area (Å²) in [7, 11) is 0. The second-order valence-corrected chi connectivity index (χ2v) is 3.21. The Balaban J connectivity index is 2.43. The average Bonchev–Trinajstić information content (AvgIpc) is 2.14. The van der Waals surface area contributed by atoms with Crippen molar-refractivity contribution in [2.45, 2.75) is 6.36 Å². The van der Waals surface area contributed by atoms with Crippen LogP contribution in [-0.2, 0) is 4.74 Å². The Morgan fingerprint density at radius 1 is 1.25 bits per heavy atom. The zero-order chi connectivity index (χ0) is 12.2. The number of nitrogens with two attached hydrogens (primary N) is 1. The molecule has 90 valence electrons. The smallest absolute Gasteiger partial charge is 0.487 e. The fourth-order valence-electron chi connectivity index (χ4n) is 0.979. The maximum atomic E-state index is 11.6. The van der Waals surface area contributed by atoms with Gasteiger partial charge in [0.25, 0.3) is 0 Å². The number of alkyl halides is 3. The molecule has 7 heteroatoms. The van der Waals surface area contributed by atoms with Crippen LogP contribution >= 0.6 is 11.6 Å². The van der Waals surface area contributed by atoms with E-state index in [1.807, 2.05) is 0 Å². The molecule has 0 fully saturated rings. The van der Waals surface area contributed by atoms with Crippen molar-refractivity contribution in [3.05, 3.63) is 23.2 Å². The van der Waals surface area contributed by atoms with Crippen LogP contribution in [0.5, 0.6) is 5.75 Å². The van der Waals surface area contributed by atoms with E-state index in [1.54, 1.807) is 6.07 Å². The highest BCUT2D eigenvalue weighted by molar-refractivity contribution is 6.32. The number of nitrogen functional groups attached to an aromatic ring is 1. The van der Waals surface area contributed by atoms with Crippen LogP contribution in [0.2, 0.25) is 5.02 Å². The molecule has 0 amide bonds. The lowest BCUT2D eigenvalue weighted by molar-refractivity contribution is -0.325. The Bertz CT molecular complexity index is 337. The average molecular weight is 256 g/mol. The van der Waals surface area contributed by atoms with Gasteiger partial charge >= 0.3 is 6.36 Å². The molecule has 16 heavy (non-hydrogen) atoms. The van der Waals surface area contributed by atoms with E-state index in [0.717, 1.165) is 0 Å². The highest BCUT2D eigenvalue weighted by Gasteiger charge is 2.28. The van der Waals surface area contributed by atoms with Crippen LogP contribution in [-0.4, -0.2) is 19.6 Å². The molecule has 0 atom stereocenters. The normalized spacial score (nSPS) is 11.5. The highest BCUT2D eigenvalue weighted by Crippen LogP contribution is 2.30. The van der Waals surface area contributed by atoms with Crippen molar-refractivity contribution in [2.75, 3.05) is 18.9 Å². The minimum atomic E-state index is -4.66. The number of para-hydroxylation sites is 1. The Morgan fingerprint density at radius 3 is 2.50 bits per heavy atom. The number of anilines is 1. The molecule has 0 radical (unpaired) electrons. The minimum Gasteiger partial charge on any atom is -0.487 e. The van der Waals surface area contributed by atoms with E-state index in [2.05, 4.69) is 4.74 Å². The summed E-state index contributed by atoms with van der Waals surface area (Å²) in [5.74, 6) is 0.162. The van der Waals surface area contributed by atoms with Gasteiger partial charge in [-0.15, -0.1) is 13.2 Å². The predicted molar refractivity (Wildman–Crippen MR) is 53.4 cm³/mol. The number of halogens is 4. The molecule has 0 aliphatic rings. The lowest BCUT2D eigenvalue weighted by Crippen LogP contribution is -2.18. The fraction of sp³-hybridized carbons (Fsp3) is 0.333. The molecule has 0 unspecified atom stereocenters. The second-order valence-electron chi connectivity index (χ2n) is 2.80. The van der Waals surface area contributed by atoms with Gasteiger partial charge in [0.05, 0.1) is 17.3 Å². The Kier molecular flexibility index (Phi) is 4.26. The number of ether oxygens (including phenoxy) is 2. The maximum absolute atomic E-state index is 11.6. The summed E-state index contributed by atoms with van der Waals surface area (Å²) >= 11 is 5.73. The van der Waals surface area contributed by atoms with E-state index in [1.165, 1.54) is 12.1 Å². The van der Waals surface area contributed by atoms with E-state index in [4.69, 9.17) is 22.1 Å². The standard InChI is InChI=1S/C9H9ClF3NO2/c10-6-2-1-3-7(14)8(6)15-4-5-16-9(11,12)13/h1-3H,4-5,14H2. The van der Waals surface area contributed by atoms with Crippen LogP contribution in [0.4, 0.5) is 18.9 Å². The highest BCUT2D eigenvalue weighted by atomic mass is 35.5. The molecule has 0 spiro atoms.